The lowest BCUT2D eigenvalue weighted by Gasteiger charge is -2.12. The maximum Gasteiger partial charge on any atom is 0.272 e. The summed E-state index contributed by atoms with van der Waals surface area (Å²) in [5.41, 5.74) is 3.30. The molecule has 0 radical (unpaired) electrons. The molecule has 45 heavy (non-hydrogen) atoms. The molecule has 8 nitrogen and oxygen atoms in total. The number of benzene rings is 4. The number of amides is 3. The highest BCUT2D eigenvalue weighted by molar-refractivity contribution is 8.00. The van der Waals surface area contributed by atoms with E-state index in [0.29, 0.717) is 27.0 Å². The maximum atomic E-state index is 13.4. The number of carbonyl (C=O) groups is 3. The minimum atomic E-state index is -0.510. The number of rotatable bonds is 11. The van der Waals surface area contributed by atoms with Crippen molar-refractivity contribution in [3.8, 4) is 17.0 Å². The van der Waals surface area contributed by atoms with E-state index in [1.165, 1.54) is 23.1 Å². The van der Waals surface area contributed by atoms with Crippen molar-refractivity contribution in [1.29, 1.82) is 0 Å². The van der Waals surface area contributed by atoms with Gasteiger partial charge in [0.05, 0.1) is 18.6 Å². The van der Waals surface area contributed by atoms with Crippen molar-refractivity contribution in [3.05, 3.63) is 130 Å². The topological polar surface area (TPSA) is 109 Å². The van der Waals surface area contributed by atoms with E-state index in [1.54, 1.807) is 86.0 Å². The smallest absolute Gasteiger partial charge is 0.272 e. The number of nitrogens with one attached hydrogen (secondary N) is 3. The van der Waals surface area contributed by atoms with Crippen molar-refractivity contribution in [3.63, 3.8) is 0 Å². The molecular formula is C34H27ClN4O4S2. The van der Waals surface area contributed by atoms with E-state index in [0.717, 1.165) is 21.9 Å². The lowest BCUT2D eigenvalue weighted by molar-refractivity contribution is -0.114. The normalized spacial score (nSPS) is 11.0. The second-order valence-electron chi connectivity index (χ2n) is 9.52. The van der Waals surface area contributed by atoms with E-state index in [2.05, 4.69) is 20.9 Å². The van der Waals surface area contributed by atoms with Gasteiger partial charge in [0.25, 0.3) is 11.8 Å². The van der Waals surface area contributed by atoms with Gasteiger partial charge in [-0.2, -0.15) is 0 Å². The molecule has 0 saturated heterocycles. The molecule has 5 rings (SSSR count). The number of nitrogens with zero attached hydrogens (tertiary/aromatic N) is 1. The number of hydrogen-bond donors (Lipinski definition) is 3. The molecule has 3 N–H and O–H groups in total. The standard InChI is InChI=1S/C34H27ClN4O4S2/c1-43-27-11-5-9-24(18-27)30-20-45-34(38-30)39-31(40)21-44-28-12-6-10-26(19-28)36-33(42)29(17-22-13-15-25(35)16-14-22)37-32(41)23-7-3-2-4-8-23/h2-20H,21H2,1H3,(H,36,42)(H,37,41)(H,38,39,40)/b29-17-. The number of thioether (sulfide) groups is 1. The molecule has 11 heteroatoms. The van der Waals surface area contributed by atoms with Crippen LogP contribution in [0.1, 0.15) is 15.9 Å². The summed E-state index contributed by atoms with van der Waals surface area (Å²) in [6.07, 6.45) is 1.58. The Bertz CT molecular complexity index is 1840. The van der Waals surface area contributed by atoms with Gasteiger partial charge in [0.1, 0.15) is 11.4 Å². The molecule has 0 fully saturated rings. The van der Waals surface area contributed by atoms with Gasteiger partial charge in [0.15, 0.2) is 5.13 Å². The van der Waals surface area contributed by atoms with Crippen molar-refractivity contribution in [1.82, 2.24) is 10.3 Å². The molecule has 0 unspecified atom stereocenters. The summed E-state index contributed by atoms with van der Waals surface area (Å²) in [6.45, 7) is 0. The Balaban J connectivity index is 1.22. The quantitative estimate of drug-likeness (QED) is 0.0999. The number of ether oxygens (including phenoxy) is 1. The van der Waals surface area contributed by atoms with Crippen LogP contribution in [0.15, 0.2) is 119 Å². The Morgan fingerprint density at radius 2 is 1.69 bits per heavy atom. The number of thiazole rings is 1. The van der Waals surface area contributed by atoms with E-state index in [-0.39, 0.29) is 17.4 Å². The van der Waals surface area contributed by atoms with E-state index in [1.807, 2.05) is 35.7 Å². The van der Waals surface area contributed by atoms with Crippen molar-refractivity contribution in [2.75, 3.05) is 23.5 Å². The van der Waals surface area contributed by atoms with Gasteiger partial charge < -0.3 is 20.7 Å². The molecule has 1 heterocycles. The van der Waals surface area contributed by atoms with Crippen LogP contribution in [-0.2, 0) is 9.59 Å². The minimum absolute atomic E-state index is 0.0559. The zero-order chi connectivity index (χ0) is 31.6. The third kappa shape index (κ3) is 9.05. The lowest BCUT2D eigenvalue weighted by atomic mass is 10.1. The first-order valence-corrected chi connectivity index (χ1v) is 15.9. The molecule has 0 saturated carbocycles. The molecular weight excluding hydrogens is 628 g/mol. The maximum absolute atomic E-state index is 13.4. The average molecular weight is 655 g/mol. The Morgan fingerprint density at radius 1 is 0.911 bits per heavy atom. The van der Waals surface area contributed by atoms with Crippen molar-refractivity contribution in [2.45, 2.75) is 4.90 Å². The molecule has 5 aromatic rings. The van der Waals surface area contributed by atoms with Crippen LogP contribution in [0.3, 0.4) is 0 Å². The fraction of sp³-hybridized carbons (Fsp3) is 0.0588. The summed E-state index contributed by atoms with van der Waals surface area (Å²) in [7, 11) is 1.61. The highest BCUT2D eigenvalue weighted by Gasteiger charge is 2.16. The van der Waals surface area contributed by atoms with Crippen LogP contribution in [-0.4, -0.2) is 35.6 Å². The molecule has 0 bridgehead atoms. The number of anilines is 2. The summed E-state index contributed by atoms with van der Waals surface area (Å²) in [5, 5.41) is 11.3. The summed E-state index contributed by atoms with van der Waals surface area (Å²) in [5.74, 6) is -0.272. The Morgan fingerprint density at radius 3 is 2.47 bits per heavy atom. The van der Waals surface area contributed by atoms with E-state index < -0.39 is 11.8 Å². The fourth-order valence-corrected chi connectivity index (χ4v) is 5.70. The minimum Gasteiger partial charge on any atom is -0.497 e. The van der Waals surface area contributed by atoms with Crippen molar-refractivity contribution in [2.24, 2.45) is 0 Å². The van der Waals surface area contributed by atoms with Gasteiger partial charge in [0.2, 0.25) is 5.91 Å². The zero-order valence-corrected chi connectivity index (χ0v) is 26.3. The van der Waals surface area contributed by atoms with Crippen LogP contribution in [0.25, 0.3) is 17.3 Å². The Hall–Kier alpha value is -4.90. The van der Waals surface area contributed by atoms with Gasteiger partial charge in [-0.15, -0.1) is 23.1 Å². The monoisotopic (exact) mass is 654 g/mol. The molecule has 4 aromatic carbocycles. The van der Waals surface area contributed by atoms with Gasteiger partial charge in [-0.1, -0.05) is 60.1 Å². The molecule has 0 aliphatic heterocycles. The van der Waals surface area contributed by atoms with Crippen molar-refractivity contribution >= 4 is 69.3 Å². The number of halogens is 1. The summed E-state index contributed by atoms with van der Waals surface area (Å²) < 4.78 is 5.28. The SMILES string of the molecule is COc1cccc(-c2csc(NC(=O)CSc3cccc(NC(=O)/C(=C/c4ccc(Cl)cc4)NC(=O)c4ccccc4)c3)n2)c1. The van der Waals surface area contributed by atoms with Crippen LogP contribution < -0.4 is 20.7 Å². The van der Waals surface area contributed by atoms with E-state index >= 15 is 0 Å². The predicted octanol–water partition coefficient (Wildman–Crippen LogP) is 7.61. The third-order valence-electron chi connectivity index (χ3n) is 6.29. The fourth-order valence-electron chi connectivity index (χ4n) is 4.08. The first-order valence-electron chi connectivity index (χ1n) is 13.6. The van der Waals surface area contributed by atoms with Crippen LogP contribution in [0.4, 0.5) is 10.8 Å². The lowest BCUT2D eigenvalue weighted by Crippen LogP contribution is -2.30. The van der Waals surface area contributed by atoms with E-state index in [9.17, 15) is 14.4 Å². The van der Waals surface area contributed by atoms with E-state index in [4.69, 9.17) is 16.3 Å². The van der Waals surface area contributed by atoms with Gasteiger partial charge in [-0.05, 0) is 66.2 Å². The van der Waals surface area contributed by atoms with Crippen LogP contribution in [0.2, 0.25) is 5.02 Å². The first kappa shape index (κ1) is 31.5. The van der Waals surface area contributed by atoms with Gasteiger partial charge in [-0.25, -0.2) is 4.98 Å². The summed E-state index contributed by atoms with van der Waals surface area (Å²) in [6, 6.07) is 30.2. The largest absolute Gasteiger partial charge is 0.497 e. The van der Waals surface area contributed by atoms with Crippen LogP contribution >= 0.6 is 34.7 Å². The predicted molar refractivity (Wildman–Crippen MR) is 182 cm³/mol. The molecule has 0 spiro atoms. The zero-order valence-electron chi connectivity index (χ0n) is 24.0. The van der Waals surface area contributed by atoms with Crippen LogP contribution in [0, 0.1) is 0 Å². The number of hydrogen-bond acceptors (Lipinski definition) is 7. The Labute approximate surface area is 273 Å². The second-order valence-corrected chi connectivity index (χ2v) is 11.9. The number of carbonyl (C=O) groups excluding carboxylic acids is 3. The van der Waals surface area contributed by atoms with Gasteiger partial charge in [0, 0.05) is 32.1 Å². The van der Waals surface area contributed by atoms with Crippen molar-refractivity contribution < 1.29 is 19.1 Å². The number of aromatic nitrogens is 1. The number of methoxy groups -OCH3 is 1. The molecule has 0 atom stereocenters. The highest BCUT2D eigenvalue weighted by Crippen LogP contribution is 2.28. The van der Waals surface area contributed by atoms with Crippen LogP contribution in [0.5, 0.6) is 5.75 Å². The Kier molecular flexibility index (Phi) is 10.7. The third-order valence-corrected chi connectivity index (χ3v) is 8.29. The van der Waals surface area contributed by atoms with Gasteiger partial charge >= 0.3 is 0 Å². The molecule has 3 amide bonds. The highest BCUT2D eigenvalue weighted by atomic mass is 35.5. The first-order chi connectivity index (χ1) is 21.9. The molecule has 226 valence electrons. The summed E-state index contributed by atoms with van der Waals surface area (Å²) >= 11 is 8.67. The average Bonchev–Trinajstić information content (AvgIpc) is 3.53. The molecule has 0 aliphatic rings. The summed E-state index contributed by atoms with van der Waals surface area (Å²) in [4.78, 5) is 44.2. The molecule has 0 aliphatic carbocycles. The molecule has 1 aromatic heterocycles. The van der Waals surface area contributed by atoms with Gasteiger partial charge in [-0.3, -0.25) is 14.4 Å². The second kappa shape index (κ2) is 15.2.